The summed E-state index contributed by atoms with van der Waals surface area (Å²) in [5.74, 6) is 1.76. The van der Waals surface area contributed by atoms with Gasteiger partial charge in [-0.15, -0.1) is 32.9 Å². The molecule has 0 aromatic carbocycles. The van der Waals surface area contributed by atoms with Crippen LogP contribution in [0.2, 0.25) is 0 Å². The minimum atomic E-state index is 0.510. The van der Waals surface area contributed by atoms with Crippen molar-refractivity contribution in [3.63, 3.8) is 0 Å². The summed E-state index contributed by atoms with van der Waals surface area (Å²) < 4.78 is 11.2. The van der Waals surface area contributed by atoms with E-state index in [9.17, 15) is 0 Å². The highest BCUT2D eigenvalue weighted by Crippen LogP contribution is 2.31. The predicted octanol–water partition coefficient (Wildman–Crippen LogP) is 4.82. The molecule has 9 heteroatoms. The lowest BCUT2D eigenvalue weighted by molar-refractivity contribution is 0.466. The molecule has 0 saturated carbocycles. The lowest BCUT2D eigenvalue weighted by atomic mass is 10.4. The van der Waals surface area contributed by atoms with E-state index in [0.717, 1.165) is 26.1 Å². The van der Waals surface area contributed by atoms with Gasteiger partial charge in [-0.25, -0.2) is 9.97 Å². The molecular weight excluding hydrogens is 364 g/mol. The molecule has 0 amide bonds. The van der Waals surface area contributed by atoms with Gasteiger partial charge in [0.25, 0.3) is 11.1 Å². The number of aryl methyl sites for hydroxylation is 2. The van der Waals surface area contributed by atoms with Crippen molar-refractivity contribution in [1.82, 2.24) is 20.2 Å². The van der Waals surface area contributed by atoms with Crippen LogP contribution in [-0.2, 0) is 5.75 Å². The molecule has 6 nitrogen and oxygen atoms in total. The fourth-order valence-corrected chi connectivity index (χ4v) is 4.25. The lowest BCUT2D eigenvalue weighted by Gasteiger charge is -1.91. The van der Waals surface area contributed by atoms with Gasteiger partial charge < -0.3 is 8.83 Å². The third-order valence-corrected chi connectivity index (χ3v) is 5.90. The molecule has 24 heavy (non-hydrogen) atoms. The number of oxazole rings is 1. The molecule has 122 valence electrons. The van der Waals surface area contributed by atoms with Crippen LogP contribution in [0.1, 0.15) is 16.4 Å². The molecule has 0 aliphatic heterocycles. The zero-order chi connectivity index (χ0) is 16.5. The summed E-state index contributed by atoms with van der Waals surface area (Å²) in [6.45, 7) is 3.90. The zero-order valence-corrected chi connectivity index (χ0v) is 15.3. The highest BCUT2D eigenvalue weighted by atomic mass is 32.2. The normalized spacial score (nSPS) is 11.2. The van der Waals surface area contributed by atoms with Gasteiger partial charge in [0.2, 0.25) is 5.89 Å². The summed E-state index contributed by atoms with van der Waals surface area (Å²) in [7, 11) is 0. The van der Waals surface area contributed by atoms with E-state index >= 15 is 0 Å². The Morgan fingerprint density at radius 2 is 2.08 bits per heavy atom. The standard InChI is InChI=1S/C15H12N4O2S3/c1-8-12(24-9(2)16-8)14-18-19-15(21-14)23-7-10-6-20-13(17-10)11-4-3-5-22-11/h3-6H,7H2,1-2H3. The van der Waals surface area contributed by atoms with Crippen molar-refractivity contribution >= 4 is 34.4 Å². The molecule has 0 spiro atoms. The van der Waals surface area contributed by atoms with E-state index in [2.05, 4.69) is 20.2 Å². The maximum atomic E-state index is 5.72. The van der Waals surface area contributed by atoms with Gasteiger partial charge in [0, 0.05) is 5.75 Å². The molecule has 4 aromatic rings. The van der Waals surface area contributed by atoms with Crippen molar-refractivity contribution in [2.75, 3.05) is 0 Å². The maximum Gasteiger partial charge on any atom is 0.277 e. The Morgan fingerprint density at radius 1 is 1.17 bits per heavy atom. The first kappa shape index (κ1) is 15.6. The molecule has 0 saturated heterocycles. The van der Waals surface area contributed by atoms with Crippen LogP contribution in [0.4, 0.5) is 0 Å². The van der Waals surface area contributed by atoms with Gasteiger partial charge in [0.1, 0.15) is 11.1 Å². The van der Waals surface area contributed by atoms with E-state index in [1.807, 2.05) is 31.4 Å². The molecule has 4 heterocycles. The quantitative estimate of drug-likeness (QED) is 0.462. The van der Waals surface area contributed by atoms with E-state index in [-0.39, 0.29) is 0 Å². The number of thiazole rings is 1. The second-order valence-corrected chi connectivity index (χ2v) is 8.01. The first-order valence-corrected chi connectivity index (χ1v) is 9.76. The van der Waals surface area contributed by atoms with Crippen molar-refractivity contribution in [2.45, 2.75) is 24.8 Å². The largest absolute Gasteiger partial charge is 0.444 e. The average molecular weight is 376 g/mol. The van der Waals surface area contributed by atoms with Crippen LogP contribution < -0.4 is 0 Å². The molecule has 0 unspecified atom stereocenters. The highest BCUT2D eigenvalue weighted by Gasteiger charge is 2.16. The van der Waals surface area contributed by atoms with E-state index < -0.39 is 0 Å². The van der Waals surface area contributed by atoms with E-state index in [1.54, 1.807) is 28.9 Å². The molecular formula is C15H12N4O2S3. The fraction of sp³-hybridized carbons (Fsp3) is 0.200. The molecule has 0 aliphatic carbocycles. The minimum absolute atomic E-state index is 0.510. The average Bonchev–Trinajstić information content (AvgIpc) is 3.33. The summed E-state index contributed by atoms with van der Waals surface area (Å²) in [5.41, 5.74) is 1.75. The predicted molar refractivity (Wildman–Crippen MR) is 94.3 cm³/mol. The summed E-state index contributed by atoms with van der Waals surface area (Å²) in [4.78, 5) is 10.8. The van der Waals surface area contributed by atoms with Crippen LogP contribution in [0, 0.1) is 13.8 Å². The molecule has 0 atom stereocenters. The lowest BCUT2D eigenvalue weighted by Crippen LogP contribution is -1.81. The molecule has 4 aromatic heterocycles. The Kier molecular flexibility index (Phi) is 4.21. The first-order chi connectivity index (χ1) is 11.7. The fourth-order valence-electron chi connectivity index (χ4n) is 2.11. The van der Waals surface area contributed by atoms with Gasteiger partial charge in [0.05, 0.1) is 21.3 Å². The molecule has 0 fully saturated rings. The van der Waals surface area contributed by atoms with E-state index in [4.69, 9.17) is 8.83 Å². The van der Waals surface area contributed by atoms with E-state index in [1.165, 1.54) is 11.8 Å². The third kappa shape index (κ3) is 3.14. The second kappa shape index (κ2) is 6.50. The van der Waals surface area contributed by atoms with Crippen molar-refractivity contribution < 1.29 is 8.83 Å². The smallest absolute Gasteiger partial charge is 0.277 e. The SMILES string of the molecule is Cc1nc(C)c(-c2nnc(SCc3coc(-c4cccs4)n3)o2)s1. The van der Waals surface area contributed by atoms with Crippen LogP contribution in [0.25, 0.3) is 21.5 Å². The van der Waals surface area contributed by atoms with Gasteiger partial charge in [-0.05, 0) is 25.3 Å². The second-order valence-electron chi connectivity index (χ2n) is 4.93. The topological polar surface area (TPSA) is 77.8 Å². The number of rotatable bonds is 5. The van der Waals surface area contributed by atoms with Crippen molar-refractivity contribution in [2.24, 2.45) is 0 Å². The summed E-state index contributed by atoms with van der Waals surface area (Å²) in [6, 6.07) is 3.96. The molecule has 0 bridgehead atoms. The Balaban J connectivity index is 1.44. The minimum Gasteiger partial charge on any atom is -0.444 e. The van der Waals surface area contributed by atoms with Crippen LogP contribution >= 0.6 is 34.4 Å². The van der Waals surface area contributed by atoms with Crippen LogP contribution in [0.3, 0.4) is 0 Å². The number of nitrogens with zero attached hydrogens (tertiary/aromatic N) is 4. The number of hydrogen-bond donors (Lipinski definition) is 0. The van der Waals surface area contributed by atoms with Gasteiger partial charge in [-0.2, -0.15) is 0 Å². The number of thioether (sulfide) groups is 1. The Bertz CT molecular complexity index is 955. The summed E-state index contributed by atoms with van der Waals surface area (Å²) in [5, 5.41) is 11.7. The molecule has 4 rings (SSSR count). The first-order valence-electron chi connectivity index (χ1n) is 7.08. The monoisotopic (exact) mass is 376 g/mol. The van der Waals surface area contributed by atoms with Gasteiger partial charge in [-0.1, -0.05) is 17.8 Å². The van der Waals surface area contributed by atoms with Gasteiger partial charge in [0.15, 0.2) is 0 Å². The number of aromatic nitrogens is 4. The van der Waals surface area contributed by atoms with Gasteiger partial charge >= 0.3 is 0 Å². The van der Waals surface area contributed by atoms with Crippen molar-refractivity contribution in [1.29, 1.82) is 0 Å². The summed E-state index contributed by atoms with van der Waals surface area (Å²) in [6.07, 6.45) is 1.66. The Morgan fingerprint density at radius 3 is 2.83 bits per heavy atom. The van der Waals surface area contributed by atoms with Crippen LogP contribution in [-0.4, -0.2) is 20.2 Å². The Labute approximate surface area is 150 Å². The van der Waals surface area contributed by atoms with Crippen molar-refractivity contribution in [3.05, 3.63) is 40.2 Å². The third-order valence-electron chi connectivity index (χ3n) is 3.13. The zero-order valence-electron chi connectivity index (χ0n) is 12.8. The van der Waals surface area contributed by atoms with E-state index in [0.29, 0.717) is 22.8 Å². The maximum absolute atomic E-state index is 5.72. The van der Waals surface area contributed by atoms with Crippen molar-refractivity contribution in [3.8, 4) is 21.5 Å². The summed E-state index contributed by atoms with van der Waals surface area (Å²) >= 11 is 4.59. The molecule has 0 aliphatic rings. The van der Waals surface area contributed by atoms with Crippen LogP contribution in [0.5, 0.6) is 0 Å². The number of hydrogen-bond acceptors (Lipinski definition) is 9. The number of thiophene rings is 1. The van der Waals surface area contributed by atoms with Crippen LogP contribution in [0.15, 0.2) is 37.8 Å². The Hall–Kier alpha value is -1.97. The molecule has 0 N–H and O–H groups in total. The molecule has 0 radical (unpaired) electrons. The van der Waals surface area contributed by atoms with Gasteiger partial charge in [-0.3, -0.25) is 0 Å². The highest BCUT2D eigenvalue weighted by molar-refractivity contribution is 7.98.